The van der Waals surface area contributed by atoms with Gasteiger partial charge in [0.25, 0.3) is 0 Å². The van der Waals surface area contributed by atoms with Crippen molar-refractivity contribution in [3.63, 3.8) is 0 Å². The number of carbonyl (C=O) groups excluding carboxylic acids is 1. The van der Waals surface area contributed by atoms with Crippen molar-refractivity contribution < 1.29 is 4.79 Å². The summed E-state index contributed by atoms with van der Waals surface area (Å²) in [4.78, 5) is 11.6. The van der Waals surface area contributed by atoms with Crippen LogP contribution in [0, 0.1) is 11.8 Å². The molecule has 0 radical (unpaired) electrons. The highest BCUT2D eigenvalue weighted by molar-refractivity contribution is 5.78. The maximum Gasteiger partial charge on any atom is 0.234 e. The van der Waals surface area contributed by atoms with E-state index in [-0.39, 0.29) is 5.91 Å². The lowest BCUT2D eigenvalue weighted by Crippen LogP contribution is -2.43. The van der Waals surface area contributed by atoms with Gasteiger partial charge in [-0.05, 0) is 44.1 Å². The summed E-state index contributed by atoms with van der Waals surface area (Å²) in [5.74, 6) is 1.70. The van der Waals surface area contributed by atoms with Crippen LogP contribution in [-0.2, 0) is 4.79 Å². The number of hydrogen-bond acceptors (Lipinski definition) is 2. The zero-order chi connectivity index (χ0) is 12.0. The molecule has 0 aromatic rings. The molecule has 0 saturated heterocycles. The predicted octanol–water partition coefficient (Wildman–Crippen LogP) is 1.93. The van der Waals surface area contributed by atoms with Gasteiger partial charge in [-0.15, -0.1) is 0 Å². The molecular formula is C13H26N2O. The van der Waals surface area contributed by atoms with Crippen LogP contribution < -0.4 is 10.6 Å². The molecule has 1 fully saturated rings. The van der Waals surface area contributed by atoms with Gasteiger partial charge >= 0.3 is 0 Å². The molecule has 3 unspecified atom stereocenters. The second-order valence-electron chi connectivity index (χ2n) is 5.21. The van der Waals surface area contributed by atoms with Crippen LogP contribution in [0.5, 0.6) is 0 Å². The van der Waals surface area contributed by atoms with Gasteiger partial charge in [-0.1, -0.05) is 20.8 Å². The maximum absolute atomic E-state index is 11.6. The minimum absolute atomic E-state index is 0.153. The van der Waals surface area contributed by atoms with Crippen LogP contribution in [0.25, 0.3) is 0 Å². The summed E-state index contributed by atoms with van der Waals surface area (Å²) in [6, 6.07) is 0.405. The Morgan fingerprint density at radius 2 is 2.00 bits per heavy atom. The zero-order valence-electron chi connectivity index (χ0n) is 10.9. The Morgan fingerprint density at radius 1 is 1.25 bits per heavy atom. The van der Waals surface area contributed by atoms with E-state index in [0.29, 0.717) is 12.6 Å². The summed E-state index contributed by atoms with van der Waals surface area (Å²) < 4.78 is 0. The van der Waals surface area contributed by atoms with Crippen molar-refractivity contribution in [2.45, 2.75) is 52.5 Å². The Morgan fingerprint density at radius 3 is 2.62 bits per heavy atom. The van der Waals surface area contributed by atoms with Gasteiger partial charge in [-0.25, -0.2) is 0 Å². The van der Waals surface area contributed by atoms with Crippen LogP contribution in [0.2, 0.25) is 0 Å². The number of hydrogen-bond donors (Lipinski definition) is 2. The average Bonchev–Trinajstić information content (AvgIpc) is 2.24. The van der Waals surface area contributed by atoms with Crippen LogP contribution in [0.15, 0.2) is 0 Å². The third kappa shape index (κ3) is 4.52. The van der Waals surface area contributed by atoms with E-state index in [1.807, 2.05) is 0 Å². The third-order valence-electron chi connectivity index (χ3n) is 3.68. The summed E-state index contributed by atoms with van der Waals surface area (Å²) >= 11 is 0. The van der Waals surface area contributed by atoms with Crippen LogP contribution >= 0.6 is 0 Å². The molecule has 3 nitrogen and oxygen atoms in total. The topological polar surface area (TPSA) is 41.1 Å². The number of rotatable bonds is 5. The van der Waals surface area contributed by atoms with Gasteiger partial charge < -0.3 is 10.6 Å². The molecule has 0 aromatic heterocycles. The molecule has 2 N–H and O–H groups in total. The summed E-state index contributed by atoms with van der Waals surface area (Å²) in [5.41, 5.74) is 0. The molecule has 1 aliphatic rings. The van der Waals surface area contributed by atoms with E-state index < -0.39 is 0 Å². The number of amides is 1. The van der Waals surface area contributed by atoms with Crippen molar-refractivity contribution in [1.82, 2.24) is 10.6 Å². The molecule has 0 aromatic carbocycles. The van der Waals surface area contributed by atoms with Gasteiger partial charge in [0.1, 0.15) is 0 Å². The largest absolute Gasteiger partial charge is 0.352 e. The molecule has 1 rings (SSSR count). The van der Waals surface area contributed by atoms with E-state index in [1.165, 1.54) is 6.42 Å². The van der Waals surface area contributed by atoms with Gasteiger partial charge in [0, 0.05) is 6.04 Å². The van der Waals surface area contributed by atoms with Crippen molar-refractivity contribution in [2.24, 2.45) is 11.8 Å². The minimum atomic E-state index is 0.153. The lowest BCUT2D eigenvalue weighted by Gasteiger charge is -2.32. The zero-order valence-corrected chi connectivity index (χ0v) is 10.9. The molecule has 3 heteroatoms. The monoisotopic (exact) mass is 226 g/mol. The quantitative estimate of drug-likeness (QED) is 0.703. The van der Waals surface area contributed by atoms with Crippen LogP contribution in [0.3, 0.4) is 0 Å². The lowest BCUT2D eigenvalue weighted by atomic mass is 9.79. The Kier molecular flexibility index (Phi) is 5.81. The van der Waals surface area contributed by atoms with E-state index in [9.17, 15) is 4.79 Å². The van der Waals surface area contributed by atoms with Crippen molar-refractivity contribution >= 4 is 5.91 Å². The van der Waals surface area contributed by atoms with Crippen molar-refractivity contribution in [2.75, 3.05) is 13.1 Å². The Labute approximate surface area is 99.4 Å². The Bertz CT molecular complexity index is 218. The van der Waals surface area contributed by atoms with E-state index in [0.717, 1.165) is 37.6 Å². The standard InChI is InChI=1S/C13H26N2O/c1-4-7-14-9-13(16)15-12-6-5-10(2)11(3)8-12/h10-12,14H,4-9H2,1-3H3,(H,15,16). The summed E-state index contributed by atoms with van der Waals surface area (Å²) in [5, 5.41) is 6.26. The lowest BCUT2D eigenvalue weighted by molar-refractivity contribution is -0.121. The fourth-order valence-corrected chi connectivity index (χ4v) is 2.34. The van der Waals surface area contributed by atoms with Crippen LogP contribution in [-0.4, -0.2) is 25.0 Å². The van der Waals surface area contributed by atoms with Gasteiger partial charge in [0.2, 0.25) is 5.91 Å². The molecule has 1 saturated carbocycles. The summed E-state index contributed by atoms with van der Waals surface area (Å²) in [6.45, 7) is 8.10. The van der Waals surface area contributed by atoms with Crippen LogP contribution in [0.1, 0.15) is 46.5 Å². The highest BCUT2D eigenvalue weighted by atomic mass is 16.1. The van der Waals surface area contributed by atoms with Gasteiger partial charge in [0.15, 0.2) is 0 Å². The maximum atomic E-state index is 11.6. The van der Waals surface area contributed by atoms with Gasteiger partial charge in [-0.2, -0.15) is 0 Å². The smallest absolute Gasteiger partial charge is 0.234 e. The number of nitrogens with one attached hydrogen (secondary N) is 2. The van der Waals surface area contributed by atoms with E-state index in [2.05, 4.69) is 31.4 Å². The van der Waals surface area contributed by atoms with E-state index in [1.54, 1.807) is 0 Å². The molecule has 3 atom stereocenters. The molecule has 16 heavy (non-hydrogen) atoms. The molecule has 0 spiro atoms. The Balaban J connectivity index is 2.19. The molecule has 0 bridgehead atoms. The molecular weight excluding hydrogens is 200 g/mol. The van der Waals surface area contributed by atoms with Crippen LogP contribution in [0.4, 0.5) is 0 Å². The fourth-order valence-electron chi connectivity index (χ4n) is 2.34. The van der Waals surface area contributed by atoms with Crippen molar-refractivity contribution in [3.05, 3.63) is 0 Å². The Hall–Kier alpha value is -0.570. The molecule has 0 aliphatic heterocycles. The molecule has 0 heterocycles. The molecule has 1 amide bonds. The van der Waals surface area contributed by atoms with E-state index in [4.69, 9.17) is 0 Å². The predicted molar refractivity (Wildman–Crippen MR) is 67.3 cm³/mol. The second kappa shape index (κ2) is 6.89. The third-order valence-corrected chi connectivity index (χ3v) is 3.68. The SMILES string of the molecule is CCCNCC(=O)NC1CCC(C)C(C)C1. The highest BCUT2D eigenvalue weighted by Crippen LogP contribution is 2.29. The minimum Gasteiger partial charge on any atom is -0.352 e. The first-order valence-corrected chi connectivity index (χ1v) is 6.63. The molecule has 94 valence electrons. The first-order chi connectivity index (χ1) is 7.63. The highest BCUT2D eigenvalue weighted by Gasteiger charge is 2.25. The van der Waals surface area contributed by atoms with Crippen molar-refractivity contribution in [1.29, 1.82) is 0 Å². The fraction of sp³-hybridized carbons (Fsp3) is 0.923. The van der Waals surface area contributed by atoms with E-state index >= 15 is 0 Å². The summed E-state index contributed by atoms with van der Waals surface area (Å²) in [6.07, 6.45) is 4.60. The summed E-state index contributed by atoms with van der Waals surface area (Å²) in [7, 11) is 0. The normalized spacial score (nSPS) is 30.1. The van der Waals surface area contributed by atoms with Crippen molar-refractivity contribution in [3.8, 4) is 0 Å². The first kappa shape index (κ1) is 13.5. The van der Waals surface area contributed by atoms with Gasteiger partial charge in [0.05, 0.1) is 6.54 Å². The number of carbonyl (C=O) groups is 1. The van der Waals surface area contributed by atoms with Gasteiger partial charge in [-0.3, -0.25) is 4.79 Å². The molecule has 1 aliphatic carbocycles. The average molecular weight is 226 g/mol. The second-order valence-corrected chi connectivity index (χ2v) is 5.21. The first-order valence-electron chi connectivity index (χ1n) is 6.63.